The number of esters is 2. The molecule has 1 saturated heterocycles. The average Bonchev–Trinajstić information content (AvgIpc) is 2.91. The number of allylic oxidation sites excluding steroid dienone is 1. The number of carbonyl (C=O) groups is 4. The van der Waals surface area contributed by atoms with Crippen LogP contribution in [0.3, 0.4) is 0 Å². The van der Waals surface area contributed by atoms with Crippen LogP contribution in [0.1, 0.15) is 38.4 Å². The summed E-state index contributed by atoms with van der Waals surface area (Å²) in [5.74, 6) is -2.95. The van der Waals surface area contributed by atoms with E-state index in [4.69, 9.17) is 14.3 Å². The summed E-state index contributed by atoms with van der Waals surface area (Å²) in [6, 6.07) is 8.16. The van der Waals surface area contributed by atoms with Gasteiger partial charge in [-0.3, -0.25) is 9.59 Å². The molecule has 0 aliphatic carbocycles. The van der Waals surface area contributed by atoms with E-state index in [-0.39, 0.29) is 6.42 Å². The van der Waals surface area contributed by atoms with E-state index in [1.165, 1.54) is 6.92 Å². The topological polar surface area (TPSA) is 99.2 Å². The first kappa shape index (κ1) is 19.2. The van der Waals surface area contributed by atoms with Crippen LogP contribution in [0.25, 0.3) is 0 Å². The molecule has 2 rings (SSSR count). The van der Waals surface area contributed by atoms with Gasteiger partial charge in [0, 0.05) is 18.9 Å². The highest BCUT2D eigenvalue weighted by Crippen LogP contribution is 2.25. The lowest BCUT2D eigenvalue weighted by Crippen LogP contribution is -2.34. The maximum Gasteiger partial charge on any atom is 0.377 e. The van der Waals surface area contributed by atoms with Gasteiger partial charge in [-0.05, 0) is 13.3 Å². The number of amides is 1. The molecule has 0 spiro atoms. The molecule has 0 unspecified atom stereocenters. The lowest BCUT2D eigenvalue weighted by Gasteiger charge is -2.22. The van der Waals surface area contributed by atoms with E-state index in [1.54, 1.807) is 30.3 Å². The Hall–Kier alpha value is -3.16. The minimum atomic E-state index is -1.43. The fourth-order valence-electron chi connectivity index (χ4n) is 2.27. The predicted molar refractivity (Wildman–Crippen MR) is 87.8 cm³/mol. The number of carbonyl (C=O) groups excluding carboxylic acids is 4. The van der Waals surface area contributed by atoms with Gasteiger partial charge in [0.15, 0.2) is 6.10 Å². The van der Waals surface area contributed by atoms with E-state index in [0.29, 0.717) is 17.7 Å². The molecular weight excluding hydrogens is 342 g/mol. The quantitative estimate of drug-likeness (QED) is 0.713. The van der Waals surface area contributed by atoms with Gasteiger partial charge in [-0.1, -0.05) is 36.9 Å². The number of hydrogen-bond donors (Lipinski definition) is 0. The lowest BCUT2D eigenvalue weighted by atomic mass is 10.1. The maximum absolute atomic E-state index is 12.5. The standard InChI is InChI=1S/C18H19NO7/c1-11-9-10-15(21)19(11)26-18(23)16(14-7-5-4-6-8-14)25-17(22)12(2)24-13(3)20/h4-8,12,16H,1,9-10H2,2-3H3/t12-,16-/m0/s1. The van der Waals surface area contributed by atoms with Crippen LogP contribution in [-0.2, 0) is 33.5 Å². The molecule has 1 aliphatic heterocycles. The van der Waals surface area contributed by atoms with Crippen LogP contribution < -0.4 is 0 Å². The van der Waals surface area contributed by atoms with Crippen molar-refractivity contribution in [3.8, 4) is 0 Å². The second-order valence-electron chi connectivity index (χ2n) is 5.64. The van der Waals surface area contributed by atoms with Crippen molar-refractivity contribution in [2.45, 2.75) is 38.9 Å². The normalized spacial score (nSPS) is 16.0. The highest BCUT2D eigenvalue weighted by atomic mass is 16.7. The predicted octanol–water partition coefficient (Wildman–Crippen LogP) is 1.82. The minimum absolute atomic E-state index is 0.186. The van der Waals surface area contributed by atoms with Gasteiger partial charge in [-0.15, -0.1) is 5.06 Å². The molecule has 8 heteroatoms. The first-order valence-electron chi connectivity index (χ1n) is 7.94. The molecule has 1 aliphatic rings. The first-order valence-corrected chi connectivity index (χ1v) is 7.94. The van der Waals surface area contributed by atoms with Crippen LogP contribution in [0.2, 0.25) is 0 Å². The Morgan fingerprint density at radius 3 is 2.27 bits per heavy atom. The van der Waals surface area contributed by atoms with Crippen molar-refractivity contribution in [1.82, 2.24) is 5.06 Å². The number of benzene rings is 1. The van der Waals surface area contributed by atoms with Crippen molar-refractivity contribution < 1.29 is 33.5 Å². The molecular formula is C18H19NO7. The molecule has 0 bridgehead atoms. The second kappa shape index (κ2) is 8.28. The first-order chi connectivity index (χ1) is 12.3. The molecule has 1 aromatic carbocycles. The van der Waals surface area contributed by atoms with E-state index in [2.05, 4.69) is 6.58 Å². The smallest absolute Gasteiger partial charge is 0.377 e. The number of hydroxylamine groups is 2. The van der Waals surface area contributed by atoms with Crippen molar-refractivity contribution in [2.75, 3.05) is 0 Å². The van der Waals surface area contributed by atoms with E-state index in [9.17, 15) is 19.2 Å². The molecule has 26 heavy (non-hydrogen) atoms. The van der Waals surface area contributed by atoms with Crippen LogP contribution in [-0.4, -0.2) is 35.0 Å². The molecule has 1 fully saturated rings. The van der Waals surface area contributed by atoms with Crippen LogP contribution in [0, 0.1) is 0 Å². The van der Waals surface area contributed by atoms with Gasteiger partial charge in [-0.2, -0.15) is 0 Å². The van der Waals surface area contributed by atoms with E-state index < -0.39 is 36.0 Å². The zero-order valence-corrected chi connectivity index (χ0v) is 14.5. The maximum atomic E-state index is 12.5. The molecule has 1 heterocycles. The molecule has 0 N–H and O–H groups in total. The molecule has 1 aromatic rings. The third-order valence-corrected chi connectivity index (χ3v) is 3.55. The summed E-state index contributed by atoms with van der Waals surface area (Å²) in [5.41, 5.74) is 0.688. The molecule has 1 amide bonds. The molecule has 0 saturated carbocycles. The Balaban J connectivity index is 2.17. The molecule has 0 radical (unpaired) electrons. The second-order valence-corrected chi connectivity index (χ2v) is 5.64. The Labute approximate surface area is 150 Å². The number of ether oxygens (including phenoxy) is 2. The lowest BCUT2D eigenvalue weighted by molar-refractivity contribution is -0.200. The zero-order valence-electron chi connectivity index (χ0n) is 14.5. The van der Waals surface area contributed by atoms with E-state index >= 15 is 0 Å². The highest BCUT2D eigenvalue weighted by Gasteiger charge is 2.35. The summed E-state index contributed by atoms with van der Waals surface area (Å²) < 4.78 is 9.94. The van der Waals surface area contributed by atoms with Gasteiger partial charge < -0.3 is 14.3 Å². The monoisotopic (exact) mass is 361 g/mol. The summed E-state index contributed by atoms with van der Waals surface area (Å²) in [7, 11) is 0. The van der Waals surface area contributed by atoms with Gasteiger partial charge in [0.25, 0.3) is 5.91 Å². The van der Waals surface area contributed by atoms with Crippen molar-refractivity contribution in [2.24, 2.45) is 0 Å². The minimum Gasteiger partial charge on any atom is -0.451 e. The average molecular weight is 361 g/mol. The van der Waals surface area contributed by atoms with Crippen molar-refractivity contribution >= 4 is 23.8 Å². The molecule has 8 nitrogen and oxygen atoms in total. The summed E-state index contributed by atoms with van der Waals surface area (Å²) >= 11 is 0. The van der Waals surface area contributed by atoms with E-state index in [0.717, 1.165) is 12.0 Å². The van der Waals surface area contributed by atoms with Crippen LogP contribution in [0.4, 0.5) is 0 Å². The highest BCUT2D eigenvalue weighted by molar-refractivity contribution is 5.86. The number of nitrogens with zero attached hydrogens (tertiary/aromatic N) is 1. The van der Waals surface area contributed by atoms with Gasteiger partial charge in [-0.25, -0.2) is 9.59 Å². The summed E-state index contributed by atoms with van der Waals surface area (Å²) in [6.45, 7) is 6.13. The number of hydrogen-bond acceptors (Lipinski definition) is 7. The van der Waals surface area contributed by atoms with Gasteiger partial charge in [0.1, 0.15) is 0 Å². The number of rotatable bonds is 6. The zero-order chi connectivity index (χ0) is 19.3. The Morgan fingerprint density at radius 1 is 1.08 bits per heavy atom. The Morgan fingerprint density at radius 2 is 1.73 bits per heavy atom. The van der Waals surface area contributed by atoms with Crippen LogP contribution in [0.5, 0.6) is 0 Å². The summed E-state index contributed by atoms with van der Waals surface area (Å²) in [5, 5.41) is 0.807. The summed E-state index contributed by atoms with van der Waals surface area (Å²) in [6.07, 6.45) is -2.06. The Bertz CT molecular complexity index is 712. The fourth-order valence-corrected chi connectivity index (χ4v) is 2.27. The fraction of sp³-hybridized carbons (Fsp3) is 0.333. The third kappa shape index (κ3) is 4.69. The van der Waals surface area contributed by atoms with Crippen LogP contribution in [0.15, 0.2) is 42.6 Å². The molecule has 138 valence electrons. The van der Waals surface area contributed by atoms with Gasteiger partial charge in [0.05, 0.1) is 5.70 Å². The van der Waals surface area contributed by atoms with Gasteiger partial charge >= 0.3 is 17.9 Å². The molecule has 2 atom stereocenters. The summed E-state index contributed by atoms with van der Waals surface area (Å²) in [4.78, 5) is 52.5. The van der Waals surface area contributed by atoms with E-state index in [1.807, 2.05) is 0 Å². The Kier molecular flexibility index (Phi) is 6.11. The molecule has 0 aromatic heterocycles. The van der Waals surface area contributed by atoms with Crippen LogP contribution >= 0.6 is 0 Å². The third-order valence-electron chi connectivity index (χ3n) is 3.55. The van der Waals surface area contributed by atoms with Gasteiger partial charge in [0.2, 0.25) is 6.10 Å². The largest absolute Gasteiger partial charge is 0.451 e. The van der Waals surface area contributed by atoms with Crippen molar-refractivity contribution in [1.29, 1.82) is 0 Å². The van der Waals surface area contributed by atoms with Crippen molar-refractivity contribution in [3.05, 3.63) is 48.2 Å². The SMILES string of the molecule is C=C1CCC(=O)N1OC(=O)[C@@H](OC(=O)[C@H](C)OC(C)=O)c1ccccc1. The van der Waals surface area contributed by atoms with Crippen molar-refractivity contribution in [3.63, 3.8) is 0 Å².